The number of aliphatic hydroxyl groups is 2. The molecule has 1 aromatic heterocycles. The van der Waals surface area contributed by atoms with E-state index in [1.165, 1.54) is 12.3 Å². The van der Waals surface area contributed by atoms with Gasteiger partial charge in [0.05, 0.1) is 6.61 Å². The van der Waals surface area contributed by atoms with Gasteiger partial charge >= 0.3 is 0 Å². The van der Waals surface area contributed by atoms with Gasteiger partial charge in [0, 0.05) is 18.0 Å². The van der Waals surface area contributed by atoms with Crippen LogP contribution in [0.15, 0.2) is 23.1 Å². The maximum absolute atomic E-state index is 14.4. The van der Waals surface area contributed by atoms with E-state index in [-0.39, 0.29) is 5.69 Å². The third-order valence-corrected chi connectivity index (χ3v) is 3.12. The number of aromatic nitrogens is 1. The lowest BCUT2D eigenvalue weighted by atomic mass is 9.98. The van der Waals surface area contributed by atoms with Gasteiger partial charge in [-0.3, -0.25) is 9.36 Å². The molecule has 0 spiro atoms. The Labute approximate surface area is 102 Å². The van der Waals surface area contributed by atoms with E-state index in [0.717, 1.165) is 17.6 Å². The van der Waals surface area contributed by atoms with Crippen molar-refractivity contribution in [3.05, 3.63) is 28.7 Å². The first-order valence-electron chi connectivity index (χ1n) is 5.49. The number of aliphatic hydroxyl groups excluding tert-OH is 2. The molecule has 0 aromatic carbocycles. The van der Waals surface area contributed by atoms with E-state index >= 15 is 0 Å². The summed E-state index contributed by atoms with van der Waals surface area (Å²) < 4.78 is 20.6. The molecule has 100 valence electrons. The zero-order valence-corrected chi connectivity index (χ0v) is 9.78. The SMILES string of the molecule is C[C@@]1(F)C(n2ccc(N)cc2=O)O[C@H](CO)[C@@H]1O. The molecule has 6 nitrogen and oxygen atoms in total. The number of hydrogen-bond donors (Lipinski definition) is 3. The van der Waals surface area contributed by atoms with Crippen LogP contribution in [0.4, 0.5) is 10.1 Å². The highest BCUT2D eigenvalue weighted by Crippen LogP contribution is 2.40. The van der Waals surface area contributed by atoms with Gasteiger partial charge in [-0.25, -0.2) is 4.39 Å². The van der Waals surface area contributed by atoms with Gasteiger partial charge in [-0.05, 0) is 13.0 Å². The van der Waals surface area contributed by atoms with E-state index in [0.29, 0.717) is 0 Å². The molecule has 1 aromatic rings. The number of ether oxygens (including phenoxy) is 1. The molecule has 1 aliphatic heterocycles. The number of rotatable bonds is 2. The van der Waals surface area contributed by atoms with Gasteiger partial charge in [0.15, 0.2) is 11.9 Å². The minimum absolute atomic E-state index is 0.258. The summed E-state index contributed by atoms with van der Waals surface area (Å²) in [5, 5.41) is 18.7. The molecule has 0 amide bonds. The number of alkyl halides is 1. The van der Waals surface area contributed by atoms with Gasteiger partial charge in [-0.1, -0.05) is 0 Å². The maximum atomic E-state index is 14.4. The Kier molecular flexibility index (Phi) is 3.14. The zero-order valence-electron chi connectivity index (χ0n) is 9.78. The number of nitrogens with zero attached hydrogens (tertiary/aromatic N) is 1. The summed E-state index contributed by atoms with van der Waals surface area (Å²) >= 11 is 0. The summed E-state index contributed by atoms with van der Waals surface area (Å²) in [6.45, 7) is 0.599. The lowest BCUT2D eigenvalue weighted by Crippen LogP contribution is -2.42. The molecule has 4 N–H and O–H groups in total. The number of nitrogen functional groups attached to an aromatic ring is 1. The van der Waals surface area contributed by atoms with Crippen molar-refractivity contribution in [3.8, 4) is 0 Å². The standard InChI is InChI=1S/C11H15FN2O4/c1-11(12)9(17)7(5-15)18-10(11)14-3-2-6(13)4-8(14)16/h2-4,7,9-10,15,17H,5,13H2,1H3/t7-,9+,10?,11+/m1/s1. The Balaban J connectivity index is 2.42. The van der Waals surface area contributed by atoms with Crippen LogP contribution in [0, 0.1) is 0 Å². The van der Waals surface area contributed by atoms with Crippen LogP contribution in [0.2, 0.25) is 0 Å². The van der Waals surface area contributed by atoms with E-state index in [1.54, 1.807) is 0 Å². The van der Waals surface area contributed by atoms with Gasteiger partial charge < -0.3 is 20.7 Å². The molecule has 1 aliphatic rings. The maximum Gasteiger partial charge on any atom is 0.254 e. The first-order chi connectivity index (χ1) is 8.37. The highest BCUT2D eigenvalue weighted by molar-refractivity contribution is 5.34. The monoisotopic (exact) mass is 258 g/mol. The predicted molar refractivity (Wildman–Crippen MR) is 61.6 cm³/mol. The molecular weight excluding hydrogens is 243 g/mol. The topological polar surface area (TPSA) is 97.7 Å². The van der Waals surface area contributed by atoms with Gasteiger partial charge in [-0.2, -0.15) is 0 Å². The van der Waals surface area contributed by atoms with E-state index in [2.05, 4.69) is 0 Å². The first-order valence-corrected chi connectivity index (χ1v) is 5.49. The molecule has 1 unspecified atom stereocenters. The minimum Gasteiger partial charge on any atom is -0.399 e. The van der Waals surface area contributed by atoms with Crippen molar-refractivity contribution < 1.29 is 19.3 Å². The zero-order chi connectivity index (χ0) is 13.5. The fourth-order valence-corrected chi connectivity index (χ4v) is 2.06. The van der Waals surface area contributed by atoms with Gasteiger partial charge in [0.1, 0.15) is 12.2 Å². The van der Waals surface area contributed by atoms with Crippen LogP contribution in [0.3, 0.4) is 0 Å². The normalized spacial score (nSPS) is 35.9. The van der Waals surface area contributed by atoms with Crippen LogP contribution in [0.5, 0.6) is 0 Å². The highest BCUT2D eigenvalue weighted by atomic mass is 19.1. The highest BCUT2D eigenvalue weighted by Gasteiger charge is 2.54. The summed E-state index contributed by atoms with van der Waals surface area (Å²) in [4.78, 5) is 11.7. The predicted octanol–water partition coefficient (Wildman–Crippen LogP) is -0.591. The van der Waals surface area contributed by atoms with Crippen LogP contribution < -0.4 is 11.3 Å². The average Bonchev–Trinajstić information content (AvgIpc) is 2.52. The Morgan fingerprint density at radius 2 is 2.33 bits per heavy atom. The molecule has 18 heavy (non-hydrogen) atoms. The van der Waals surface area contributed by atoms with E-state index < -0.39 is 36.3 Å². The molecule has 1 saturated heterocycles. The van der Waals surface area contributed by atoms with Gasteiger partial charge in [-0.15, -0.1) is 0 Å². The summed E-state index contributed by atoms with van der Waals surface area (Å²) in [6.07, 6.45) is -2.56. The van der Waals surface area contributed by atoms with Crippen molar-refractivity contribution in [3.63, 3.8) is 0 Å². The smallest absolute Gasteiger partial charge is 0.254 e. The Morgan fingerprint density at radius 1 is 1.67 bits per heavy atom. The lowest BCUT2D eigenvalue weighted by molar-refractivity contribution is -0.0604. The molecule has 0 radical (unpaired) electrons. The van der Waals surface area contributed by atoms with Crippen molar-refractivity contribution in [2.75, 3.05) is 12.3 Å². The number of anilines is 1. The van der Waals surface area contributed by atoms with Crippen LogP contribution in [-0.4, -0.2) is 39.3 Å². The van der Waals surface area contributed by atoms with Crippen molar-refractivity contribution in [2.45, 2.75) is 31.0 Å². The van der Waals surface area contributed by atoms with Crippen molar-refractivity contribution in [2.24, 2.45) is 0 Å². The Hall–Kier alpha value is -1.44. The van der Waals surface area contributed by atoms with Crippen molar-refractivity contribution >= 4 is 5.69 Å². The van der Waals surface area contributed by atoms with Crippen molar-refractivity contribution in [1.29, 1.82) is 0 Å². The number of halogens is 1. The third kappa shape index (κ3) is 1.90. The van der Waals surface area contributed by atoms with Crippen molar-refractivity contribution in [1.82, 2.24) is 4.57 Å². The molecule has 2 rings (SSSR count). The second-order valence-corrected chi connectivity index (χ2v) is 4.51. The molecule has 1 fully saturated rings. The van der Waals surface area contributed by atoms with Crippen LogP contribution in [-0.2, 0) is 4.74 Å². The van der Waals surface area contributed by atoms with Gasteiger partial charge in [0.25, 0.3) is 5.56 Å². The quantitative estimate of drug-likeness (QED) is 0.658. The second-order valence-electron chi connectivity index (χ2n) is 4.51. The van der Waals surface area contributed by atoms with E-state index in [9.17, 15) is 14.3 Å². The fraction of sp³-hybridized carbons (Fsp3) is 0.545. The number of nitrogens with two attached hydrogens (primary N) is 1. The minimum atomic E-state index is -2.17. The average molecular weight is 258 g/mol. The Bertz CT molecular complexity index is 502. The summed E-state index contributed by atoms with van der Waals surface area (Å²) in [5.74, 6) is 0. The first kappa shape index (κ1) is 13.0. The van der Waals surface area contributed by atoms with E-state index in [1.807, 2.05) is 0 Å². The largest absolute Gasteiger partial charge is 0.399 e. The fourth-order valence-electron chi connectivity index (χ4n) is 2.06. The Morgan fingerprint density at radius 3 is 2.83 bits per heavy atom. The third-order valence-electron chi connectivity index (χ3n) is 3.12. The molecule has 0 aliphatic carbocycles. The lowest BCUT2D eigenvalue weighted by Gasteiger charge is -2.25. The van der Waals surface area contributed by atoms with Crippen LogP contribution in [0.1, 0.15) is 13.2 Å². The second kappa shape index (κ2) is 4.34. The van der Waals surface area contributed by atoms with Crippen LogP contribution >= 0.6 is 0 Å². The molecule has 4 atom stereocenters. The van der Waals surface area contributed by atoms with Crippen LogP contribution in [0.25, 0.3) is 0 Å². The van der Waals surface area contributed by atoms with Gasteiger partial charge in [0.2, 0.25) is 0 Å². The molecular formula is C11H15FN2O4. The molecule has 0 saturated carbocycles. The number of hydrogen-bond acceptors (Lipinski definition) is 5. The molecule has 2 heterocycles. The summed E-state index contributed by atoms with van der Waals surface area (Å²) in [7, 11) is 0. The summed E-state index contributed by atoms with van der Waals surface area (Å²) in [5.41, 5.74) is 2.99. The number of pyridine rings is 1. The molecule has 7 heteroatoms. The summed E-state index contributed by atoms with van der Waals surface area (Å²) in [6, 6.07) is 2.57. The van der Waals surface area contributed by atoms with E-state index in [4.69, 9.17) is 15.6 Å². The molecule has 0 bridgehead atoms.